The Morgan fingerprint density at radius 1 is 1.73 bits per heavy atom. The van der Waals surface area contributed by atoms with E-state index in [2.05, 4.69) is 0 Å². The molecule has 1 aliphatic rings. The van der Waals surface area contributed by atoms with Crippen molar-refractivity contribution in [3.63, 3.8) is 0 Å². The van der Waals surface area contributed by atoms with Crippen LogP contribution in [0.3, 0.4) is 0 Å². The summed E-state index contributed by atoms with van der Waals surface area (Å²) in [6.07, 6.45) is 2.86. The van der Waals surface area contributed by atoms with E-state index in [0.29, 0.717) is 11.4 Å². The van der Waals surface area contributed by atoms with Crippen molar-refractivity contribution in [2.45, 2.75) is 31.1 Å². The average molecular weight is 176 g/mol. The highest BCUT2D eigenvalue weighted by atomic mass is 32.2. The molecule has 2 nitrogen and oxygen atoms in total. The summed E-state index contributed by atoms with van der Waals surface area (Å²) in [5, 5.41) is 9.11. The van der Waals surface area contributed by atoms with Crippen LogP contribution in [0.15, 0.2) is 0 Å². The van der Waals surface area contributed by atoms with Crippen LogP contribution in [0.4, 0.5) is 0 Å². The van der Waals surface area contributed by atoms with Crippen LogP contribution in [-0.2, 0) is 4.74 Å². The molecule has 1 saturated heterocycles. The largest absolute Gasteiger partial charge is 0.395 e. The molecule has 1 fully saturated rings. The Balaban J connectivity index is 2.01. The third-order valence-electron chi connectivity index (χ3n) is 1.85. The fourth-order valence-corrected chi connectivity index (χ4v) is 2.01. The summed E-state index contributed by atoms with van der Waals surface area (Å²) >= 11 is 1.80. The molecule has 2 atom stereocenters. The van der Waals surface area contributed by atoms with Crippen molar-refractivity contribution >= 4 is 11.8 Å². The smallest absolute Gasteiger partial charge is 0.0666 e. The van der Waals surface area contributed by atoms with Crippen molar-refractivity contribution in [3.8, 4) is 0 Å². The van der Waals surface area contributed by atoms with Gasteiger partial charge < -0.3 is 9.84 Å². The van der Waals surface area contributed by atoms with Gasteiger partial charge in [0, 0.05) is 17.6 Å². The van der Waals surface area contributed by atoms with Gasteiger partial charge in [-0.25, -0.2) is 0 Å². The third-order valence-corrected chi connectivity index (χ3v) is 3.13. The highest BCUT2D eigenvalue weighted by Gasteiger charge is 2.16. The van der Waals surface area contributed by atoms with Crippen LogP contribution in [0, 0.1) is 0 Å². The Hall–Kier alpha value is 0.270. The fourth-order valence-electron chi connectivity index (χ4n) is 1.10. The van der Waals surface area contributed by atoms with E-state index in [-0.39, 0.29) is 6.61 Å². The van der Waals surface area contributed by atoms with Crippen molar-refractivity contribution in [2.24, 2.45) is 0 Å². The predicted octanol–water partition coefficient (Wildman–Crippen LogP) is 1.28. The topological polar surface area (TPSA) is 29.5 Å². The van der Waals surface area contributed by atoms with Crippen molar-refractivity contribution in [1.82, 2.24) is 0 Å². The Labute approximate surface area is 72.3 Å². The lowest BCUT2D eigenvalue weighted by Crippen LogP contribution is -2.12. The SMILES string of the molecule is CC(CO)SCC1CCCO1. The Morgan fingerprint density at radius 2 is 2.55 bits per heavy atom. The minimum absolute atomic E-state index is 0.275. The molecule has 0 aromatic carbocycles. The van der Waals surface area contributed by atoms with Gasteiger partial charge in [-0.2, -0.15) is 11.8 Å². The minimum atomic E-state index is 0.275. The van der Waals surface area contributed by atoms with Crippen LogP contribution in [0.2, 0.25) is 0 Å². The second kappa shape index (κ2) is 5.01. The second-order valence-corrected chi connectivity index (χ2v) is 4.43. The zero-order valence-corrected chi connectivity index (χ0v) is 7.77. The van der Waals surface area contributed by atoms with Gasteiger partial charge in [-0.1, -0.05) is 6.92 Å². The summed E-state index contributed by atoms with van der Waals surface area (Å²) in [7, 11) is 0. The second-order valence-electron chi connectivity index (χ2n) is 2.96. The molecule has 11 heavy (non-hydrogen) atoms. The molecule has 1 heterocycles. The molecule has 2 unspecified atom stereocenters. The summed E-state index contributed by atoms with van der Waals surface area (Å²) < 4.78 is 5.45. The summed E-state index contributed by atoms with van der Waals surface area (Å²) in [6.45, 7) is 3.25. The summed E-state index contributed by atoms with van der Waals surface area (Å²) in [6, 6.07) is 0. The van der Waals surface area contributed by atoms with Crippen LogP contribution in [0.1, 0.15) is 19.8 Å². The molecule has 1 N–H and O–H groups in total. The van der Waals surface area contributed by atoms with Crippen LogP contribution >= 0.6 is 11.8 Å². The molecule has 0 radical (unpaired) electrons. The van der Waals surface area contributed by atoms with Crippen molar-refractivity contribution in [2.75, 3.05) is 19.0 Å². The first-order chi connectivity index (χ1) is 5.33. The lowest BCUT2D eigenvalue weighted by atomic mass is 10.3. The Kier molecular flexibility index (Phi) is 4.26. The molecule has 0 saturated carbocycles. The molecule has 3 heteroatoms. The summed E-state index contributed by atoms with van der Waals surface area (Å²) in [5.41, 5.74) is 0. The van der Waals surface area contributed by atoms with Crippen molar-refractivity contribution < 1.29 is 9.84 Å². The fraction of sp³-hybridized carbons (Fsp3) is 1.00. The van der Waals surface area contributed by atoms with E-state index < -0.39 is 0 Å². The lowest BCUT2D eigenvalue weighted by Gasteiger charge is -2.11. The highest BCUT2D eigenvalue weighted by molar-refractivity contribution is 7.99. The van der Waals surface area contributed by atoms with Crippen LogP contribution < -0.4 is 0 Å². The van der Waals surface area contributed by atoms with E-state index in [1.807, 2.05) is 6.92 Å². The summed E-state index contributed by atoms with van der Waals surface area (Å²) in [4.78, 5) is 0. The highest BCUT2D eigenvalue weighted by Crippen LogP contribution is 2.19. The monoisotopic (exact) mass is 176 g/mol. The van der Waals surface area contributed by atoms with Gasteiger partial charge in [0.05, 0.1) is 12.7 Å². The average Bonchev–Trinajstić information content (AvgIpc) is 2.52. The van der Waals surface area contributed by atoms with Crippen LogP contribution in [0.25, 0.3) is 0 Å². The maximum absolute atomic E-state index is 8.75. The molecular weight excluding hydrogens is 160 g/mol. The summed E-state index contributed by atoms with van der Waals surface area (Å²) in [5.74, 6) is 1.04. The first-order valence-corrected chi connectivity index (χ1v) is 5.22. The van der Waals surface area contributed by atoms with Gasteiger partial charge in [0.25, 0.3) is 0 Å². The van der Waals surface area contributed by atoms with E-state index in [1.54, 1.807) is 11.8 Å². The number of hydrogen-bond acceptors (Lipinski definition) is 3. The zero-order valence-electron chi connectivity index (χ0n) is 6.95. The van der Waals surface area contributed by atoms with Gasteiger partial charge in [-0.15, -0.1) is 0 Å². The van der Waals surface area contributed by atoms with E-state index in [1.165, 1.54) is 12.8 Å². The molecule has 0 amide bonds. The van der Waals surface area contributed by atoms with Crippen molar-refractivity contribution in [1.29, 1.82) is 0 Å². The first-order valence-electron chi connectivity index (χ1n) is 4.17. The van der Waals surface area contributed by atoms with Gasteiger partial charge in [-0.3, -0.25) is 0 Å². The van der Waals surface area contributed by atoms with Crippen LogP contribution in [0.5, 0.6) is 0 Å². The zero-order chi connectivity index (χ0) is 8.10. The minimum Gasteiger partial charge on any atom is -0.395 e. The molecular formula is C8H16O2S. The molecule has 0 aliphatic carbocycles. The maximum Gasteiger partial charge on any atom is 0.0666 e. The third kappa shape index (κ3) is 3.45. The lowest BCUT2D eigenvalue weighted by molar-refractivity contribution is 0.128. The molecule has 1 rings (SSSR count). The van der Waals surface area contributed by atoms with E-state index in [9.17, 15) is 0 Å². The van der Waals surface area contributed by atoms with E-state index in [4.69, 9.17) is 9.84 Å². The Bertz CT molecular complexity index is 102. The van der Waals surface area contributed by atoms with Gasteiger partial charge in [0.15, 0.2) is 0 Å². The molecule has 0 aromatic rings. The van der Waals surface area contributed by atoms with Gasteiger partial charge >= 0.3 is 0 Å². The normalized spacial score (nSPS) is 27.3. The quantitative estimate of drug-likeness (QED) is 0.699. The maximum atomic E-state index is 8.75. The molecule has 0 spiro atoms. The molecule has 0 aromatic heterocycles. The van der Waals surface area contributed by atoms with Gasteiger partial charge in [0.2, 0.25) is 0 Å². The number of thioether (sulfide) groups is 1. The number of hydrogen-bond donors (Lipinski definition) is 1. The number of ether oxygens (including phenoxy) is 1. The molecule has 66 valence electrons. The standard InChI is InChI=1S/C8H16O2S/c1-7(5-9)11-6-8-3-2-4-10-8/h7-9H,2-6H2,1H3. The molecule has 1 aliphatic heterocycles. The Morgan fingerprint density at radius 3 is 3.09 bits per heavy atom. The predicted molar refractivity (Wildman–Crippen MR) is 48.0 cm³/mol. The first kappa shape index (κ1) is 9.36. The van der Waals surface area contributed by atoms with Gasteiger partial charge in [0.1, 0.15) is 0 Å². The number of aliphatic hydroxyl groups excluding tert-OH is 1. The number of aliphatic hydroxyl groups is 1. The van der Waals surface area contributed by atoms with E-state index >= 15 is 0 Å². The van der Waals surface area contributed by atoms with Gasteiger partial charge in [-0.05, 0) is 12.8 Å². The number of rotatable bonds is 4. The molecule has 0 bridgehead atoms. The van der Waals surface area contributed by atoms with Crippen LogP contribution in [-0.4, -0.2) is 35.4 Å². The van der Waals surface area contributed by atoms with Crippen molar-refractivity contribution in [3.05, 3.63) is 0 Å². The van der Waals surface area contributed by atoms with E-state index in [0.717, 1.165) is 12.4 Å².